The number of ether oxygens (including phenoxy) is 1. The Morgan fingerprint density at radius 3 is 3.12 bits per heavy atom. The van der Waals surface area contributed by atoms with Crippen molar-refractivity contribution in [3.8, 4) is 0 Å². The Bertz CT molecular complexity index is 718. The summed E-state index contributed by atoms with van der Waals surface area (Å²) in [6.45, 7) is 1.26. The van der Waals surface area contributed by atoms with E-state index in [0.29, 0.717) is 24.7 Å². The Kier molecular flexibility index (Phi) is 4.62. The van der Waals surface area contributed by atoms with Crippen LogP contribution >= 0.6 is 11.3 Å². The molecular weight excluding hydrogens is 326 g/mol. The summed E-state index contributed by atoms with van der Waals surface area (Å²) in [7, 11) is 0. The number of fused-ring (bicyclic) bond motifs is 1. The molecule has 0 aromatic carbocycles. The van der Waals surface area contributed by atoms with Gasteiger partial charge in [-0.25, -0.2) is 0 Å². The fourth-order valence-corrected chi connectivity index (χ4v) is 4.43. The molecular formula is C17H21N3O3S. The minimum atomic E-state index is -0.0570. The second-order valence-electron chi connectivity index (χ2n) is 6.33. The standard InChI is InChI=1S/C17H21N3O3S/c21-16(15-12-5-2-1-4-11(12)10-24-15)18-8-7-14-19-17(23-20-14)13-6-3-9-22-13/h10,13H,1-9H2,(H,18,21)/t13-/m0/s1. The van der Waals surface area contributed by atoms with Crippen LogP contribution in [-0.4, -0.2) is 29.2 Å². The highest BCUT2D eigenvalue weighted by Gasteiger charge is 2.24. The van der Waals surface area contributed by atoms with Crippen molar-refractivity contribution >= 4 is 17.2 Å². The van der Waals surface area contributed by atoms with E-state index in [-0.39, 0.29) is 12.0 Å². The normalized spacial score (nSPS) is 20.1. The lowest BCUT2D eigenvalue weighted by Gasteiger charge is -2.12. The molecule has 0 unspecified atom stereocenters. The summed E-state index contributed by atoms with van der Waals surface area (Å²) >= 11 is 1.56. The summed E-state index contributed by atoms with van der Waals surface area (Å²) in [5, 5.41) is 9.09. The SMILES string of the molecule is O=C(NCCc1noc([C@@H]2CCCO2)n1)c1scc2c1CCCC2. The number of aromatic nitrogens is 2. The molecule has 2 aromatic rings. The van der Waals surface area contributed by atoms with E-state index in [2.05, 4.69) is 20.8 Å². The van der Waals surface area contributed by atoms with Crippen LogP contribution in [0.25, 0.3) is 0 Å². The molecule has 3 heterocycles. The second-order valence-corrected chi connectivity index (χ2v) is 7.21. The summed E-state index contributed by atoms with van der Waals surface area (Å²) in [6, 6.07) is 0. The predicted molar refractivity (Wildman–Crippen MR) is 89.2 cm³/mol. The van der Waals surface area contributed by atoms with E-state index in [1.807, 2.05) is 0 Å². The predicted octanol–water partition coefficient (Wildman–Crippen LogP) is 2.83. The van der Waals surface area contributed by atoms with Crippen molar-refractivity contribution in [2.75, 3.05) is 13.2 Å². The number of hydrogen-bond acceptors (Lipinski definition) is 6. The van der Waals surface area contributed by atoms with Crippen molar-refractivity contribution < 1.29 is 14.1 Å². The zero-order chi connectivity index (χ0) is 16.4. The van der Waals surface area contributed by atoms with Crippen molar-refractivity contribution in [1.82, 2.24) is 15.5 Å². The molecule has 0 bridgehead atoms. The summed E-state index contributed by atoms with van der Waals surface area (Å²) < 4.78 is 10.8. The highest BCUT2D eigenvalue weighted by Crippen LogP contribution is 2.30. The van der Waals surface area contributed by atoms with Crippen LogP contribution in [0, 0.1) is 0 Å². The van der Waals surface area contributed by atoms with Crippen LogP contribution in [0.4, 0.5) is 0 Å². The average molecular weight is 347 g/mol. The first-order chi connectivity index (χ1) is 11.8. The van der Waals surface area contributed by atoms with E-state index in [0.717, 1.165) is 37.2 Å². The summed E-state index contributed by atoms with van der Waals surface area (Å²) in [6.07, 6.45) is 7.01. The molecule has 1 saturated heterocycles. The van der Waals surface area contributed by atoms with Gasteiger partial charge in [0.2, 0.25) is 0 Å². The maximum Gasteiger partial charge on any atom is 0.261 e. The number of hydrogen-bond donors (Lipinski definition) is 1. The van der Waals surface area contributed by atoms with Crippen LogP contribution in [-0.2, 0) is 24.0 Å². The van der Waals surface area contributed by atoms with Crippen LogP contribution in [0.2, 0.25) is 0 Å². The Hall–Kier alpha value is -1.73. The van der Waals surface area contributed by atoms with Crippen molar-refractivity contribution in [2.45, 2.75) is 51.0 Å². The molecule has 4 rings (SSSR count). The Balaban J connectivity index is 1.31. The molecule has 0 radical (unpaired) electrons. The van der Waals surface area contributed by atoms with E-state index in [4.69, 9.17) is 9.26 Å². The number of carbonyl (C=O) groups is 1. The van der Waals surface area contributed by atoms with Crippen molar-refractivity contribution in [2.24, 2.45) is 0 Å². The smallest absolute Gasteiger partial charge is 0.261 e. The van der Waals surface area contributed by atoms with E-state index in [1.165, 1.54) is 24.0 Å². The van der Waals surface area contributed by atoms with Crippen LogP contribution < -0.4 is 5.32 Å². The maximum atomic E-state index is 12.4. The van der Waals surface area contributed by atoms with Gasteiger partial charge in [-0.15, -0.1) is 11.3 Å². The third kappa shape index (κ3) is 3.23. The molecule has 24 heavy (non-hydrogen) atoms. The molecule has 1 amide bonds. The molecule has 7 heteroatoms. The highest BCUT2D eigenvalue weighted by atomic mass is 32.1. The second kappa shape index (κ2) is 7.03. The fraction of sp³-hybridized carbons (Fsp3) is 0.588. The topological polar surface area (TPSA) is 77.2 Å². The van der Waals surface area contributed by atoms with E-state index >= 15 is 0 Å². The molecule has 1 fully saturated rings. The first kappa shape index (κ1) is 15.8. The highest BCUT2D eigenvalue weighted by molar-refractivity contribution is 7.12. The molecule has 6 nitrogen and oxygen atoms in total. The van der Waals surface area contributed by atoms with Gasteiger partial charge in [-0.1, -0.05) is 5.16 Å². The van der Waals surface area contributed by atoms with Gasteiger partial charge in [0.25, 0.3) is 11.8 Å². The lowest BCUT2D eigenvalue weighted by Crippen LogP contribution is -2.26. The molecule has 1 N–H and O–H groups in total. The number of amides is 1. The van der Waals surface area contributed by atoms with Gasteiger partial charge < -0.3 is 14.6 Å². The zero-order valence-electron chi connectivity index (χ0n) is 13.5. The van der Waals surface area contributed by atoms with Gasteiger partial charge in [-0.2, -0.15) is 4.98 Å². The Morgan fingerprint density at radius 2 is 2.25 bits per heavy atom. The number of nitrogens with one attached hydrogen (secondary N) is 1. The van der Waals surface area contributed by atoms with Gasteiger partial charge in [0.15, 0.2) is 5.82 Å². The van der Waals surface area contributed by atoms with Gasteiger partial charge >= 0.3 is 0 Å². The van der Waals surface area contributed by atoms with Crippen molar-refractivity contribution in [3.63, 3.8) is 0 Å². The number of rotatable bonds is 5. The Labute approximate surface area is 144 Å². The molecule has 1 aliphatic carbocycles. The van der Waals surface area contributed by atoms with Crippen LogP contribution in [0.3, 0.4) is 0 Å². The summed E-state index contributed by atoms with van der Waals surface area (Å²) in [5.41, 5.74) is 2.61. The summed E-state index contributed by atoms with van der Waals surface area (Å²) in [5.74, 6) is 1.20. The largest absolute Gasteiger partial charge is 0.368 e. The molecule has 1 aliphatic heterocycles. The average Bonchev–Trinajstić information content (AvgIpc) is 3.34. The van der Waals surface area contributed by atoms with Crippen molar-refractivity contribution in [3.05, 3.63) is 33.1 Å². The van der Waals surface area contributed by atoms with E-state index < -0.39 is 0 Å². The van der Waals surface area contributed by atoms with Crippen LogP contribution in [0.5, 0.6) is 0 Å². The van der Waals surface area contributed by atoms with Gasteiger partial charge in [-0.3, -0.25) is 4.79 Å². The van der Waals surface area contributed by atoms with Gasteiger partial charge in [0, 0.05) is 19.6 Å². The van der Waals surface area contributed by atoms with E-state index in [9.17, 15) is 4.79 Å². The minimum absolute atomic E-state index is 0.0194. The van der Waals surface area contributed by atoms with Gasteiger partial charge in [0.05, 0.1) is 4.88 Å². The molecule has 0 spiro atoms. The number of carbonyl (C=O) groups excluding carboxylic acids is 1. The lowest BCUT2D eigenvalue weighted by atomic mass is 9.94. The molecule has 0 saturated carbocycles. The zero-order valence-corrected chi connectivity index (χ0v) is 14.4. The van der Waals surface area contributed by atoms with Crippen molar-refractivity contribution in [1.29, 1.82) is 0 Å². The monoisotopic (exact) mass is 347 g/mol. The minimum Gasteiger partial charge on any atom is -0.368 e. The molecule has 128 valence electrons. The molecule has 1 atom stereocenters. The maximum absolute atomic E-state index is 12.4. The third-order valence-corrected chi connectivity index (χ3v) is 5.70. The van der Waals surface area contributed by atoms with Gasteiger partial charge in [-0.05, 0) is 55.0 Å². The number of thiophene rings is 1. The summed E-state index contributed by atoms with van der Waals surface area (Å²) in [4.78, 5) is 17.6. The molecule has 2 aliphatic rings. The number of nitrogens with zero attached hydrogens (tertiary/aromatic N) is 2. The van der Waals surface area contributed by atoms with Gasteiger partial charge in [0.1, 0.15) is 6.10 Å². The Morgan fingerprint density at radius 1 is 1.33 bits per heavy atom. The quantitative estimate of drug-likeness (QED) is 0.900. The first-order valence-corrected chi connectivity index (χ1v) is 9.51. The van der Waals surface area contributed by atoms with Crippen LogP contribution in [0.1, 0.15) is 64.3 Å². The first-order valence-electron chi connectivity index (χ1n) is 8.63. The third-order valence-electron chi connectivity index (χ3n) is 4.63. The fourth-order valence-electron chi connectivity index (χ4n) is 3.35. The van der Waals surface area contributed by atoms with E-state index in [1.54, 1.807) is 11.3 Å². The van der Waals surface area contributed by atoms with Crippen LogP contribution in [0.15, 0.2) is 9.90 Å². The lowest BCUT2D eigenvalue weighted by molar-refractivity contribution is 0.0835. The molecule has 2 aromatic heterocycles. The number of aryl methyl sites for hydroxylation is 1.